The normalized spacial score (nSPS) is 15.6. The van der Waals surface area contributed by atoms with Crippen LogP contribution < -0.4 is 5.69 Å². The zero-order valence-corrected chi connectivity index (χ0v) is 18.6. The van der Waals surface area contributed by atoms with Gasteiger partial charge in [-0.15, -0.1) is 0 Å². The van der Waals surface area contributed by atoms with Crippen LogP contribution in [0.15, 0.2) is 53.5 Å². The van der Waals surface area contributed by atoms with Crippen molar-refractivity contribution in [2.45, 2.75) is 58.8 Å². The Labute approximate surface area is 187 Å². The molecule has 0 atom stereocenters. The summed E-state index contributed by atoms with van der Waals surface area (Å²) in [7, 11) is 0. The molecule has 1 aliphatic carbocycles. The van der Waals surface area contributed by atoms with Crippen LogP contribution in [0.1, 0.15) is 54.6 Å². The third-order valence-electron chi connectivity index (χ3n) is 6.52. The van der Waals surface area contributed by atoms with Crippen molar-refractivity contribution in [2.24, 2.45) is 5.92 Å². The SMILES string of the molecule is CC(C)CCn1c(O)cn(Cc2ccc(-c3ccc4c(c3)CN(C3CC3)C4=O)cc2)c1=O. The van der Waals surface area contributed by atoms with Gasteiger partial charge in [0.2, 0.25) is 5.88 Å². The highest BCUT2D eigenvalue weighted by molar-refractivity contribution is 5.99. The van der Waals surface area contributed by atoms with E-state index in [2.05, 4.69) is 19.9 Å². The van der Waals surface area contributed by atoms with E-state index in [1.165, 1.54) is 10.8 Å². The van der Waals surface area contributed by atoms with E-state index < -0.39 is 0 Å². The van der Waals surface area contributed by atoms with Crippen LogP contribution in [-0.2, 0) is 19.6 Å². The van der Waals surface area contributed by atoms with Gasteiger partial charge in [-0.1, -0.05) is 44.2 Å². The molecule has 0 bridgehead atoms. The number of hydrogen-bond acceptors (Lipinski definition) is 3. The van der Waals surface area contributed by atoms with Crippen LogP contribution in [0.5, 0.6) is 5.88 Å². The van der Waals surface area contributed by atoms with Gasteiger partial charge in [0, 0.05) is 24.7 Å². The monoisotopic (exact) mass is 431 g/mol. The number of carbonyl (C=O) groups excluding carboxylic acids is 1. The summed E-state index contributed by atoms with van der Waals surface area (Å²) in [5, 5.41) is 10.2. The first kappa shape index (κ1) is 20.6. The van der Waals surface area contributed by atoms with Gasteiger partial charge in [0.25, 0.3) is 5.91 Å². The molecule has 6 heteroatoms. The first-order valence-electron chi connectivity index (χ1n) is 11.4. The third-order valence-corrected chi connectivity index (χ3v) is 6.52. The van der Waals surface area contributed by atoms with Crippen molar-refractivity contribution >= 4 is 5.91 Å². The highest BCUT2D eigenvalue weighted by Crippen LogP contribution is 2.36. The molecule has 1 amide bonds. The Morgan fingerprint density at radius 2 is 1.75 bits per heavy atom. The molecule has 3 aromatic rings. The van der Waals surface area contributed by atoms with Gasteiger partial charge < -0.3 is 10.0 Å². The molecule has 2 aliphatic rings. The number of aromatic hydroxyl groups is 1. The van der Waals surface area contributed by atoms with Crippen LogP contribution in [-0.4, -0.2) is 31.1 Å². The van der Waals surface area contributed by atoms with E-state index in [9.17, 15) is 14.7 Å². The summed E-state index contributed by atoms with van der Waals surface area (Å²) in [6.07, 6.45) is 4.60. The molecule has 2 heterocycles. The number of carbonyl (C=O) groups is 1. The fraction of sp³-hybridized carbons (Fsp3) is 0.385. The van der Waals surface area contributed by atoms with Gasteiger partial charge >= 0.3 is 5.69 Å². The Balaban J connectivity index is 1.32. The van der Waals surface area contributed by atoms with Crippen LogP contribution in [0.3, 0.4) is 0 Å². The Morgan fingerprint density at radius 1 is 1.03 bits per heavy atom. The maximum Gasteiger partial charge on any atom is 0.331 e. The molecule has 5 rings (SSSR count). The van der Waals surface area contributed by atoms with Crippen LogP contribution in [0.25, 0.3) is 11.1 Å². The zero-order valence-electron chi connectivity index (χ0n) is 18.6. The summed E-state index contributed by atoms with van der Waals surface area (Å²) in [6, 6.07) is 14.6. The standard InChI is InChI=1S/C26H29N3O3/c1-17(2)11-12-28-24(30)16-27(26(28)32)14-18-3-5-19(6-4-18)20-7-10-23-21(13-20)15-29(25(23)31)22-8-9-22/h3-7,10,13,16-17,22,30H,8-9,11-12,14-15H2,1-2H3. The number of amides is 1. The average Bonchev–Trinajstić information content (AvgIpc) is 3.51. The van der Waals surface area contributed by atoms with Crippen molar-refractivity contribution in [3.8, 4) is 17.0 Å². The molecular formula is C26H29N3O3. The Kier molecular flexibility index (Phi) is 5.16. The van der Waals surface area contributed by atoms with E-state index in [0.29, 0.717) is 31.6 Å². The quantitative estimate of drug-likeness (QED) is 0.609. The van der Waals surface area contributed by atoms with Crippen molar-refractivity contribution in [3.05, 3.63) is 75.8 Å². The highest BCUT2D eigenvalue weighted by atomic mass is 16.3. The van der Waals surface area contributed by atoms with E-state index in [1.54, 1.807) is 4.57 Å². The number of aromatic nitrogens is 2. The van der Waals surface area contributed by atoms with Crippen molar-refractivity contribution < 1.29 is 9.90 Å². The maximum atomic E-state index is 12.6. The lowest BCUT2D eigenvalue weighted by atomic mass is 9.99. The number of nitrogens with zero attached hydrogens (tertiary/aromatic N) is 3. The van der Waals surface area contributed by atoms with Gasteiger partial charge in [-0.2, -0.15) is 0 Å². The van der Waals surface area contributed by atoms with Crippen LogP contribution in [0.2, 0.25) is 0 Å². The summed E-state index contributed by atoms with van der Waals surface area (Å²) in [5.41, 5.74) is 4.92. The lowest BCUT2D eigenvalue weighted by molar-refractivity contribution is 0.0766. The average molecular weight is 432 g/mol. The second-order valence-electron chi connectivity index (χ2n) is 9.47. The van der Waals surface area contributed by atoms with Crippen molar-refractivity contribution in [1.82, 2.24) is 14.0 Å². The van der Waals surface area contributed by atoms with E-state index in [-0.39, 0.29) is 17.5 Å². The number of imidazole rings is 1. The van der Waals surface area contributed by atoms with E-state index in [0.717, 1.165) is 47.1 Å². The highest BCUT2D eigenvalue weighted by Gasteiger charge is 2.38. The molecule has 1 N–H and O–H groups in total. The molecule has 1 aliphatic heterocycles. The van der Waals surface area contributed by atoms with E-state index in [1.807, 2.05) is 41.3 Å². The lowest BCUT2D eigenvalue weighted by Gasteiger charge is -2.13. The molecule has 1 aromatic heterocycles. The maximum absolute atomic E-state index is 12.6. The van der Waals surface area contributed by atoms with Crippen molar-refractivity contribution in [2.75, 3.05) is 0 Å². The largest absolute Gasteiger partial charge is 0.493 e. The predicted molar refractivity (Wildman–Crippen MR) is 124 cm³/mol. The van der Waals surface area contributed by atoms with Crippen LogP contribution >= 0.6 is 0 Å². The van der Waals surface area contributed by atoms with Gasteiger partial charge in [0.15, 0.2) is 0 Å². The first-order valence-corrected chi connectivity index (χ1v) is 11.4. The molecule has 0 spiro atoms. The molecule has 1 fully saturated rings. The number of benzene rings is 2. The molecule has 0 unspecified atom stereocenters. The van der Waals surface area contributed by atoms with Gasteiger partial charge in [-0.3, -0.25) is 13.9 Å². The topological polar surface area (TPSA) is 67.5 Å². The minimum absolute atomic E-state index is 0.0141. The minimum Gasteiger partial charge on any atom is -0.493 e. The summed E-state index contributed by atoms with van der Waals surface area (Å²) in [6.45, 7) is 5.85. The van der Waals surface area contributed by atoms with Gasteiger partial charge in [0.1, 0.15) is 0 Å². The second-order valence-corrected chi connectivity index (χ2v) is 9.47. The minimum atomic E-state index is -0.185. The molecule has 0 radical (unpaired) electrons. The zero-order chi connectivity index (χ0) is 22.4. The molecule has 32 heavy (non-hydrogen) atoms. The summed E-state index contributed by atoms with van der Waals surface area (Å²) >= 11 is 0. The predicted octanol–water partition coefficient (Wildman–Crippen LogP) is 4.24. The lowest BCUT2D eigenvalue weighted by Crippen LogP contribution is -2.25. The van der Waals surface area contributed by atoms with Crippen molar-refractivity contribution in [3.63, 3.8) is 0 Å². The molecule has 166 valence electrons. The molecule has 1 saturated carbocycles. The Morgan fingerprint density at radius 3 is 2.44 bits per heavy atom. The second kappa shape index (κ2) is 8.01. The Hall–Kier alpha value is -3.28. The first-order chi connectivity index (χ1) is 15.4. The molecule has 0 saturated heterocycles. The van der Waals surface area contributed by atoms with Gasteiger partial charge in [0.05, 0.1) is 12.7 Å². The fourth-order valence-electron chi connectivity index (χ4n) is 4.43. The summed E-state index contributed by atoms with van der Waals surface area (Å²) in [5.74, 6) is 0.643. The number of rotatable bonds is 7. The Bertz CT molecular complexity index is 1220. The smallest absolute Gasteiger partial charge is 0.331 e. The molecule has 2 aromatic carbocycles. The third kappa shape index (κ3) is 3.85. The van der Waals surface area contributed by atoms with Crippen LogP contribution in [0.4, 0.5) is 0 Å². The van der Waals surface area contributed by atoms with Crippen molar-refractivity contribution in [1.29, 1.82) is 0 Å². The van der Waals surface area contributed by atoms with E-state index >= 15 is 0 Å². The van der Waals surface area contributed by atoms with Gasteiger partial charge in [-0.25, -0.2) is 4.79 Å². The number of fused-ring (bicyclic) bond motifs is 1. The van der Waals surface area contributed by atoms with Crippen LogP contribution in [0, 0.1) is 5.92 Å². The summed E-state index contributed by atoms with van der Waals surface area (Å²) in [4.78, 5) is 27.2. The molecule has 6 nitrogen and oxygen atoms in total. The van der Waals surface area contributed by atoms with Gasteiger partial charge in [-0.05, 0) is 59.6 Å². The molecular weight excluding hydrogens is 402 g/mol. The number of hydrogen-bond donors (Lipinski definition) is 1. The summed E-state index contributed by atoms with van der Waals surface area (Å²) < 4.78 is 2.99. The fourth-order valence-corrected chi connectivity index (χ4v) is 4.43. The van der Waals surface area contributed by atoms with E-state index in [4.69, 9.17) is 0 Å².